The van der Waals surface area contributed by atoms with E-state index in [1.165, 1.54) is 0 Å². The van der Waals surface area contributed by atoms with E-state index in [0.29, 0.717) is 29.6 Å². The maximum atomic E-state index is 13.3. The summed E-state index contributed by atoms with van der Waals surface area (Å²) in [7, 11) is 0. The Kier molecular flexibility index (Phi) is 4.29. The number of aromatic nitrogens is 1. The third-order valence-electron chi connectivity index (χ3n) is 5.47. The van der Waals surface area contributed by atoms with E-state index in [-0.39, 0.29) is 34.3 Å². The molecular weight excluding hydrogens is 376 g/mol. The molecule has 1 N–H and O–H groups in total. The fourth-order valence-electron chi connectivity index (χ4n) is 4.08. The summed E-state index contributed by atoms with van der Waals surface area (Å²) in [5.74, 6) is -0.891. The number of pyridine rings is 1. The molecule has 2 aromatic heterocycles. The highest BCUT2D eigenvalue weighted by atomic mass is 16.2. The van der Waals surface area contributed by atoms with Crippen molar-refractivity contribution in [3.05, 3.63) is 113 Å². The lowest BCUT2D eigenvalue weighted by atomic mass is 9.86. The smallest absolute Gasteiger partial charge is 0.254 e. The van der Waals surface area contributed by atoms with Crippen LogP contribution >= 0.6 is 0 Å². The predicted octanol–water partition coefficient (Wildman–Crippen LogP) is 3.69. The van der Waals surface area contributed by atoms with Crippen LogP contribution in [0.4, 0.5) is 0 Å². The fraction of sp³-hybridized carbons (Fsp3) is 0.0800. The SMILES string of the molecule is O=C1c2ccccc2C(=O)c2c1c(C(=O)NCCc1ccccc1)c1ccccn21. The van der Waals surface area contributed by atoms with Crippen molar-refractivity contribution in [1.82, 2.24) is 9.72 Å². The van der Waals surface area contributed by atoms with E-state index >= 15 is 0 Å². The first-order valence-corrected chi connectivity index (χ1v) is 9.80. The molecule has 0 saturated heterocycles. The van der Waals surface area contributed by atoms with Crippen molar-refractivity contribution in [2.75, 3.05) is 6.54 Å². The molecule has 0 spiro atoms. The van der Waals surface area contributed by atoms with Crippen LogP contribution in [0.1, 0.15) is 47.9 Å². The van der Waals surface area contributed by atoms with Gasteiger partial charge >= 0.3 is 0 Å². The number of benzene rings is 2. The van der Waals surface area contributed by atoms with Crippen molar-refractivity contribution >= 4 is 23.0 Å². The predicted molar refractivity (Wildman–Crippen MR) is 113 cm³/mol. The van der Waals surface area contributed by atoms with Gasteiger partial charge < -0.3 is 9.72 Å². The third-order valence-corrected chi connectivity index (χ3v) is 5.47. The number of nitrogens with zero attached hydrogens (tertiary/aromatic N) is 1. The highest BCUT2D eigenvalue weighted by molar-refractivity contribution is 6.32. The number of amides is 1. The quantitative estimate of drug-likeness (QED) is 0.506. The first kappa shape index (κ1) is 18.1. The maximum absolute atomic E-state index is 13.3. The van der Waals surface area contributed by atoms with Gasteiger partial charge in [0.2, 0.25) is 5.78 Å². The van der Waals surface area contributed by atoms with Crippen LogP contribution in [0.25, 0.3) is 5.52 Å². The maximum Gasteiger partial charge on any atom is 0.254 e. The van der Waals surface area contributed by atoms with Crippen LogP contribution < -0.4 is 5.32 Å². The monoisotopic (exact) mass is 394 g/mol. The normalized spacial score (nSPS) is 12.5. The van der Waals surface area contributed by atoms with Gasteiger partial charge in [-0.3, -0.25) is 14.4 Å². The van der Waals surface area contributed by atoms with Crippen LogP contribution in [-0.4, -0.2) is 28.4 Å². The zero-order valence-electron chi connectivity index (χ0n) is 16.1. The number of rotatable bonds is 4. The summed E-state index contributed by atoms with van der Waals surface area (Å²) in [4.78, 5) is 39.7. The van der Waals surface area contributed by atoms with Crippen molar-refractivity contribution < 1.29 is 14.4 Å². The molecular formula is C25H18N2O3. The Morgan fingerprint density at radius 2 is 1.47 bits per heavy atom. The fourth-order valence-corrected chi connectivity index (χ4v) is 4.08. The minimum atomic E-state index is -0.351. The van der Waals surface area contributed by atoms with Crippen molar-refractivity contribution in [2.45, 2.75) is 6.42 Å². The van der Waals surface area contributed by atoms with E-state index in [4.69, 9.17) is 0 Å². The Labute approximate surface area is 173 Å². The topological polar surface area (TPSA) is 67.7 Å². The van der Waals surface area contributed by atoms with Crippen molar-refractivity contribution in [3.63, 3.8) is 0 Å². The number of carbonyl (C=O) groups excluding carboxylic acids is 3. The van der Waals surface area contributed by atoms with E-state index in [2.05, 4.69) is 5.32 Å². The summed E-state index contributed by atoms with van der Waals surface area (Å²) in [6, 6.07) is 21.9. The van der Waals surface area contributed by atoms with Crippen LogP contribution in [0.5, 0.6) is 0 Å². The molecule has 1 amide bonds. The molecule has 0 unspecified atom stereocenters. The zero-order chi connectivity index (χ0) is 20.7. The molecule has 2 heterocycles. The Bertz CT molecular complexity index is 1320. The van der Waals surface area contributed by atoms with E-state index in [9.17, 15) is 14.4 Å². The molecule has 1 aliphatic carbocycles. The first-order valence-electron chi connectivity index (χ1n) is 9.80. The van der Waals surface area contributed by atoms with Crippen molar-refractivity contribution in [2.24, 2.45) is 0 Å². The third kappa shape index (κ3) is 2.75. The summed E-state index contributed by atoms with van der Waals surface area (Å²) in [6.07, 6.45) is 2.39. The number of hydrogen-bond acceptors (Lipinski definition) is 3. The molecule has 5 nitrogen and oxygen atoms in total. The van der Waals surface area contributed by atoms with Gasteiger partial charge in [0.05, 0.1) is 16.6 Å². The van der Waals surface area contributed by atoms with Gasteiger partial charge in [-0.15, -0.1) is 0 Å². The zero-order valence-corrected chi connectivity index (χ0v) is 16.1. The summed E-state index contributed by atoms with van der Waals surface area (Å²) >= 11 is 0. The second-order valence-corrected chi connectivity index (χ2v) is 7.25. The molecule has 146 valence electrons. The van der Waals surface area contributed by atoms with Gasteiger partial charge in [-0.1, -0.05) is 60.7 Å². The highest BCUT2D eigenvalue weighted by Crippen LogP contribution is 2.33. The molecule has 0 bridgehead atoms. The number of carbonyl (C=O) groups is 3. The Morgan fingerprint density at radius 3 is 2.23 bits per heavy atom. The van der Waals surface area contributed by atoms with Crippen LogP contribution in [0.15, 0.2) is 79.0 Å². The lowest BCUT2D eigenvalue weighted by molar-refractivity contribution is 0.0940. The Morgan fingerprint density at radius 1 is 0.800 bits per heavy atom. The summed E-state index contributed by atoms with van der Waals surface area (Å²) in [5, 5.41) is 2.92. The first-order chi connectivity index (χ1) is 14.7. The number of nitrogens with one attached hydrogen (secondary N) is 1. The standard InChI is InChI=1S/C25H18N2O3/c28-23-17-10-4-5-11-18(17)24(29)22-21(23)20(19-12-6-7-15-27(19)22)25(30)26-14-13-16-8-2-1-3-9-16/h1-12,15H,13-14H2,(H,26,30). The van der Waals surface area contributed by atoms with Crippen LogP contribution in [0.3, 0.4) is 0 Å². The number of hydrogen-bond donors (Lipinski definition) is 1. The van der Waals surface area contributed by atoms with Gasteiger partial charge in [0, 0.05) is 23.9 Å². The average molecular weight is 394 g/mol. The molecule has 4 aromatic rings. The van der Waals surface area contributed by atoms with Crippen molar-refractivity contribution in [1.29, 1.82) is 0 Å². The molecule has 0 saturated carbocycles. The Balaban J connectivity index is 1.57. The van der Waals surface area contributed by atoms with Gasteiger partial charge in [0.1, 0.15) is 5.69 Å². The molecule has 0 atom stereocenters. The lowest BCUT2D eigenvalue weighted by Crippen LogP contribution is -2.28. The molecule has 0 aliphatic heterocycles. The summed E-state index contributed by atoms with van der Waals surface area (Å²) in [5.41, 5.74) is 3.06. The van der Waals surface area contributed by atoms with Crippen molar-refractivity contribution in [3.8, 4) is 0 Å². The minimum Gasteiger partial charge on any atom is -0.352 e. The molecule has 30 heavy (non-hydrogen) atoms. The van der Waals surface area contributed by atoms with E-state index in [0.717, 1.165) is 5.56 Å². The second-order valence-electron chi connectivity index (χ2n) is 7.25. The summed E-state index contributed by atoms with van der Waals surface area (Å²) < 4.78 is 1.65. The second kappa shape index (κ2) is 7.12. The van der Waals surface area contributed by atoms with Crippen LogP contribution in [0, 0.1) is 0 Å². The van der Waals surface area contributed by atoms with E-state index in [1.54, 1.807) is 53.1 Å². The van der Waals surface area contributed by atoms with Gasteiger partial charge in [-0.05, 0) is 24.1 Å². The van der Waals surface area contributed by atoms with Crippen LogP contribution in [0.2, 0.25) is 0 Å². The molecule has 0 fully saturated rings. The largest absolute Gasteiger partial charge is 0.352 e. The van der Waals surface area contributed by atoms with Gasteiger partial charge in [0.25, 0.3) is 5.91 Å². The average Bonchev–Trinajstić information content (AvgIpc) is 3.14. The minimum absolute atomic E-state index is 0.183. The van der Waals surface area contributed by atoms with Crippen LogP contribution in [-0.2, 0) is 6.42 Å². The van der Waals surface area contributed by atoms with Gasteiger partial charge in [0.15, 0.2) is 5.78 Å². The molecule has 5 rings (SSSR count). The molecule has 5 heteroatoms. The Hall–Kier alpha value is -3.99. The van der Waals surface area contributed by atoms with E-state index in [1.807, 2.05) is 30.3 Å². The van der Waals surface area contributed by atoms with Gasteiger partial charge in [-0.25, -0.2) is 0 Å². The summed E-state index contributed by atoms with van der Waals surface area (Å²) in [6.45, 7) is 0.431. The number of ketones is 2. The van der Waals surface area contributed by atoms with Gasteiger partial charge in [-0.2, -0.15) is 0 Å². The molecule has 0 radical (unpaired) electrons. The lowest BCUT2D eigenvalue weighted by Gasteiger charge is -2.15. The number of fused-ring (bicyclic) bond motifs is 4. The molecule has 1 aliphatic rings. The van der Waals surface area contributed by atoms with E-state index < -0.39 is 0 Å². The molecule has 2 aromatic carbocycles. The highest BCUT2D eigenvalue weighted by Gasteiger charge is 2.37.